The number of hydrogen-bond donors (Lipinski definition) is 0. The van der Waals surface area contributed by atoms with E-state index >= 15 is 0 Å². The highest BCUT2D eigenvalue weighted by atomic mass is 16.2. The molecule has 1 aliphatic heterocycles. The Morgan fingerprint density at radius 3 is 2.24 bits per heavy atom. The Kier molecular flexibility index (Phi) is 3.65. The van der Waals surface area contributed by atoms with Crippen LogP contribution in [0, 0.1) is 46.3 Å². The third-order valence-electron chi connectivity index (χ3n) is 10.1. The molecule has 0 N–H and O–H groups in total. The molecule has 6 aliphatic rings. The molecule has 1 heterocycles. The van der Waals surface area contributed by atoms with Crippen LogP contribution in [0.25, 0.3) is 0 Å². The van der Waals surface area contributed by atoms with Crippen molar-refractivity contribution in [3.8, 4) is 0 Å². The van der Waals surface area contributed by atoms with Gasteiger partial charge in [-0.2, -0.15) is 0 Å². The van der Waals surface area contributed by atoms with E-state index in [4.69, 9.17) is 0 Å². The van der Waals surface area contributed by atoms with E-state index in [1.807, 2.05) is 0 Å². The van der Waals surface area contributed by atoms with Gasteiger partial charge in [0.25, 0.3) is 0 Å². The Hall–Kier alpha value is -0.530. The summed E-state index contributed by atoms with van der Waals surface area (Å²) in [7, 11) is 0. The van der Waals surface area contributed by atoms with E-state index in [9.17, 15) is 4.79 Å². The van der Waals surface area contributed by atoms with Crippen molar-refractivity contribution in [3.05, 3.63) is 0 Å². The standard InChI is InChI=1S/C23H37NO/c1-22(2)19-6-7-23(22,3)14-24(13-19)21(25)5-4-20-17-9-15-8-16(11-17)12-18(20)10-15/h15-20H,4-14H2,1-3H3/t15?,16?,17?,18?,19?,20?,23-/m1/s1. The van der Waals surface area contributed by atoms with Crippen LogP contribution in [0.2, 0.25) is 0 Å². The van der Waals surface area contributed by atoms with Crippen LogP contribution in [0.5, 0.6) is 0 Å². The number of carbonyl (C=O) groups is 1. The summed E-state index contributed by atoms with van der Waals surface area (Å²) in [6, 6.07) is 0. The summed E-state index contributed by atoms with van der Waals surface area (Å²) in [5, 5.41) is 0. The molecule has 2 atom stereocenters. The smallest absolute Gasteiger partial charge is 0.222 e. The van der Waals surface area contributed by atoms with E-state index in [0.29, 0.717) is 16.7 Å². The zero-order valence-corrected chi connectivity index (χ0v) is 16.6. The lowest BCUT2D eigenvalue weighted by molar-refractivity contribution is -0.140. The van der Waals surface area contributed by atoms with Crippen LogP contribution in [-0.2, 0) is 4.79 Å². The first-order valence-corrected chi connectivity index (χ1v) is 11.1. The molecule has 25 heavy (non-hydrogen) atoms. The first kappa shape index (κ1) is 16.6. The zero-order valence-electron chi connectivity index (χ0n) is 16.6. The number of rotatable bonds is 3. The van der Waals surface area contributed by atoms with Crippen LogP contribution in [0.3, 0.4) is 0 Å². The van der Waals surface area contributed by atoms with Gasteiger partial charge in [-0.05, 0) is 97.7 Å². The molecule has 0 aromatic rings. The molecule has 0 aromatic carbocycles. The van der Waals surface area contributed by atoms with E-state index in [2.05, 4.69) is 25.7 Å². The fraction of sp³-hybridized carbons (Fsp3) is 0.957. The minimum atomic E-state index is 0.341. The van der Waals surface area contributed by atoms with Gasteiger partial charge in [0.15, 0.2) is 0 Å². The molecule has 6 rings (SSSR count). The van der Waals surface area contributed by atoms with Gasteiger partial charge in [-0.15, -0.1) is 0 Å². The summed E-state index contributed by atoms with van der Waals surface area (Å²) in [5.41, 5.74) is 0.749. The summed E-state index contributed by atoms with van der Waals surface area (Å²) < 4.78 is 0. The summed E-state index contributed by atoms with van der Waals surface area (Å²) in [4.78, 5) is 15.3. The van der Waals surface area contributed by atoms with Crippen molar-refractivity contribution >= 4 is 5.91 Å². The lowest BCUT2D eigenvalue weighted by atomic mass is 9.51. The lowest BCUT2D eigenvalue weighted by Gasteiger charge is -2.55. The maximum Gasteiger partial charge on any atom is 0.222 e. The topological polar surface area (TPSA) is 20.3 Å². The van der Waals surface area contributed by atoms with Crippen LogP contribution >= 0.6 is 0 Å². The van der Waals surface area contributed by atoms with Gasteiger partial charge in [0.05, 0.1) is 0 Å². The van der Waals surface area contributed by atoms with Crippen molar-refractivity contribution in [1.82, 2.24) is 4.90 Å². The van der Waals surface area contributed by atoms with Gasteiger partial charge in [0, 0.05) is 19.5 Å². The molecular formula is C23H37NO. The summed E-state index contributed by atoms with van der Waals surface area (Å²) in [5.74, 6) is 6.11. The largest absolute Gasteiger partial charge is 0.342 e. The monoisotopic (exact) mass is 343 g/mol. The van der Waals surface area contributed by atoms with Crippen molar-refractivity contribution in [2.45, 2.75) is 78.6 Å². The minimum absolute atomic E-state index is 0.341. The molecule has 140 valence electrons. The molecule has 0 spiro atoms. The molecule has 2 heteroatoms. The Balaban J connectivity index is 1.21. The van der Waals surface area contributed by atoms with Gasteiger partial charge in [0.1, 0.15) is 0 Å². The number of amides is 1. The molecule has 6 bridgehead atoms. The van der Waals surface area contributed by atoms with Crippen LogP contribution in [0.4, 0.5) is 0 Å². The van der Waals surface area contributed by atoms with Gasteiger partial charge in [-0.1, -0.05) is 20.8 Å². The molecule has 5 saturated carbocycles. The van der Waals surface area contributed by atoms with E-state index < -0.39 is 0 Å². The number of hydrogen-bond acceptors (Lipinski definition) is 1. The summed E-state index contributed by atoms with van der Waals surface area (Å²) in [6.45, 7) is 9.37. The number of piperidine rings is 1. The molecule has 1 unspecified atom stereocenters. The third-order valence-corrected chi connectivity index (χ3v) is 10.1. The lowest BCUT2D eigenvalue weighted by Crippen LogP contribution is -2.54. The highest BCUT2D eigenvalue weighted by molar-refractivity contribution is 5.76. The van der Waals surface area contributed by atoms with E-state index in [-0.39, 0.29) is 0 Å². The SMILES string of the molecule is CC1(C)C2CC[C@]1(C)CN(C(=O)CCC1C3CC4CC(C3)CC1C4)C2. The second kappa shape index (κ2) is 5.49. The normalized spacial score (nSPS) is 49.6. The minimum Gasteiger partial charge on any atom is -0.342 e. The summed E-state index contributed by atoms with van der Waals surface area (Å²) >= 11 is 0. The highest BCUT2D eigenvalue weighted by Gasteiger charge is 2.56. The van der Waals surface area contributed by atoms with Gasteiger partial charge in [0.2, 0.25) is 5.91 Å². The fourth-order valence-corrected chi connectivity index (χ4v) is 8.17. The van der Waals surface area contributed by atoms with Crippen molar-refractivity contribution in [3.63, 3.8) is 0 Å². The number of likely N-dealkylation sites (tertiary alicyclic amines) is 1. The number of nitrogens with zero attached hydrogens (tertiary/aromatic N) is 1. The van der Waals surface area contributed by atoms with Crippen LogP contribution < -0.4 is 0 Å². The maximum atomic E-state index is 13.0. The molecule has 5 aliphatic carbocycles. The number of carbonyl (C=O) groups excluding carboxylic acids is 1. The molecule has 1 saturated heterocycles. The predicted molar refractivity (Wildman–Crippen MR) is 101 cm³/mol. The Bertz CT molecular complexity index is 538. The molecular weight excluding hydrogens is 306 g/mol. The maximum absolute atomic E-state index is 13.0. The van der Waals surface area contributed by atoms with Gasteiger partial charge in [-0.3, -0.25) is 4.79 Å². The molecule has 6 fully saturated rings. The molecule has 1 amide bonds. The Labute approximate surface area is 154 Å². The Morgan fingerprint density at radius 1 is 1.00 bits per heavy atom. The van der Waals surface area contributed by atoms with Crippen molar-refractivity contribution in [2.24, 2.45) is 46.3 Å². The quantitative estimate of drug-likeness (QED) is 0.696. The molecule has 0 aromatic heterocycles. The summed E-state index contributed by atoms with van der Waals surface area (Å²) in [6.07, 6.45) is 12.1. The van der Waals surface area contributed by atoms with E-state index in [0.717, 1.165) is 55.0 Å². The van der Waals surface area contributed by atoms with E-state index in [1.54, 1.807) is 0 Å². The second-order valence-electron chi connectivity index (χ2n) is 11.4. The fourth-order valence-electron chi connectivity index (χ4n) is 8.17. The highest BCUT2D eigenvalue weighted by Crippen LogP contribution is 2.60. The van der Waals surface area contributed by atoms with Crippen LogP contribution in [-0.4, -0.2) is 23.9 Å². The van der Waals surface area contributed by atoms with Gasteiger partial charge in [-0.25, -0.2) is 0 Å². The Morgan fingerprint density at radius 2 is 1.64 bits per heavy atom. The van der Waals surface area contributed by atoms with Crippen molar-refractivity contribution in [2.75, 3.05) is 13.1 Å². The third kappa shape index (κ3) is 2.45. The average Bonchev–Trinajstić information content (AvgIpc) is 2.70. The first-order valence-electron chi connectivity index (χ1n) is 11.1. The molecule has 2 nitrogen and oxygen atoms in total. The average molecular weight is 344 g/mol. The van der Waals surface area contributed by atoms with Crippen molar-refractivity contribution in [1.29, 1.82) is 0 Å². The van der Waals surface area contributed by atoms with Crippen molar-refractivity contribution < 1.29 is 4.79 Å². The van der Waals surface area contributed by atoms with Gasteiger partial charge >= 0.3 is 0 Å². The number of fused-ring (bicyclic) bond motifs is 2. The first-order chi connectivity index (χ1) is 11.9. The second-order valence-corrected chi connectivity index (χ2v) is 11.4. The predicted octanol–water partition coefficient (Wildman–Crippen LogP) is 5.12. The zero-order chi connectivity index (χ0) is 17.4. The van der Waals surface area contributed by atoms with E-state index in [1.165, 1.54) is 51.4 Å². The molecule has 0 radical (unpaired) electrons. The van der Waals surface area contributed by atoms with Crippen LogP contribution in [0.15, 0.2) is 0 Å². The van der Waals surface area contributed by atoms with Crippen LogP contribution in [0.1, 0.15) is 78.6 Å². The van der Waals surface area contributed by atoms with Gasteiger partial charge < -0.3 is 4.90 Å².